The molecule has 1 amide bonds. The molecule has 3 rings (SSSR count). The lowest BCUT2D eigenvalue weighted by atomic mass is 10.2. The molecule has 6 nitrogen and oxygen atoms in total. The number of pyridine rings is 1. The first-order valence-electron chi connectivity index (χ1n) is 7.40. The number of aromatic nitrogens is 1. The van der Waals surface area contributed by atoms with Crippen molar-refractivity contribution in [3.8, 4) is 11.8 Å². The minimum atomic E-state index is -0.0243. The molecule has 0 unspecified atom stereocenters. The van der Waals surface area contributed by atoms with Gasteiger partial charge in [0.15, 0.2) is 6.61 Å². The standard InChI is InChI=1S/C17H16N4O2/c18-10-13-6-7-14(11-20-13)19-8-3-9-21-15-4-1-2-5-16(15)23-12-17(21)22/h1-2,4-7,11,19H,3,8-9,12H2. The molecule has 0 saturated carbocycles. The van der Waals surface area contributed by atoms with Crippen molar-refractivity contribution in [1.29, 1.82) is 5.26 Å². The molecule has 1 aromatic carbocycles. The summed E-state index contributed by atoms with van der Waals surface area (Å²) in [7, 11) is 0. The Morgan fingerprint density at radius 3 is 2.96 bits per heavy atom. The zero-order valence-corrected chi connectivity index (χ0v) is 12.5. The highest BCUT2D eigenvalue weighted by Gasteiger charge is 2.24. The van der Waals surface area contributed by atoms with Crippen molar-refractivity contribution in [3.63, 3.8) is 0 Å². The first-order valence-corrected chi connectivity index (χ1v) is 7.40. The van der Waals surface area contributed by atoms with Crippen molar-refractivity contribution in [2.45, 2.75) is 6.42 Å². The zero-order valence-electron chi connectivity index (χ0n) is 12.5. The molecule has 2 heterocycles. The number of benzene rings is 1. The fourth-order valence-corrected chi connectivity index (χ4v) is 2.43. The quantitative estimate of drug-likeness (QED) is 0.857. The molecular weight excluding hydrogens is 292 g/mol. The van der Waals surface area contributed by atoms with Crippen LogP contribution in [0, 0.1) is 11.3 Å². The maximum absolute atomic E-state index is 12.0. The lowest BCUT2D eigenvalue weighted by Gasteiger charge is -2.29. The van der Waals surface area contributed by atoms with Crippen LogP contribution >= 0.6 is 0 Å². The van der Waals surface area contributed by atoms with E-state index in [0.717, 1.165) is 23.5 Å². The molecule has 0 radical (unpaired) electrons. The number of fused-ring (bicyclic) bond motifs is 1. The highest BCUT2D eigenvalue weighted by atomic mass is 16.5. The Bertz CT molecular complexity index is 737. The minimum absolute atomic E-state index is 0.0243. The number of carbonyl (C=O) groups is 1. The average molecular weight is 308 g/mol. The Morgan fingerprint density at radius 2 is 2.17 bits per heavy atom. The molecule has 1 aliphatic heterocycles. The summed E-state index contributed by atoms with van der Waals surface area (Å²) in [5, 5.41) is 11.9. The molecule has 6 heteroatoms. The number of hydrogen-bond donors (Lipinski definition) is 1. The third-order valence-electron chi connectivity index (χ3n) is 3.57. The summed E-state index contributed by atoms with van der Waals surface area (Å²) in [6, 6.07) is 13.0. The topological polar surface area (TPSA) is 78.2 Å². The Labute approximate surface area is 134 Å². The zero-order chi connectivity index (χ0) is 16.1. The number of nitrogens with one attached hydrogen (secondary N) is 1. The van der Waals surface area contributed by atoms with Gasteiger partial charge in [0, 0.05) is 13.1 Å². The maximum atomic E-state index is 12.0. The monoisotopic (exact) mass is 308 g/mol. The van der Waals surface area contributed by atoms with Crippen molar-refractivity contribution in [3.05, 3.63) is 48.3 Å². The Morgan fingerprint density at radius 1 is 1.30 bits per heavy atom. The van der Waals surface area contributed by atoms with Crippen molar-refractivity contribution in [2.75, 3.05) is 29.9 Å². The van der Waals surface area contributed by atoms with Crippen molar-refractivity contribution in [2.24, 2.45) is 0 Å². The van der Waals surface area contributed by atoms with E-state index in [-0.39, 0.29) is 12.5 Å². The van der Waals surface area contributed by atoms with Gasteiger partial charge in [0.1, 0.15) is 17.5 Å². The van der Waals surface area contributed by atoms with Crippen LogP contribution in [0.5, 0.6) is 5.75 Å². The van der Waals surface area contributed by atoms with Gasteiger partial charge in [-0.25, -0.2) is 4.98 Å². The van der Waals surface area contributed by atoms with E-state index in [1.54, 1.807) is 17.2 Å². The first-order chi connectivity index (χ1) is 11.3. The van der Waals surface area contributed by atoms with Gasteiger partial charge < -0.3 is 15.0 Å². The third-order valence-corrected chi connectivity index (χ3v) is 3.57. The fraction of sp³-hybridized carbons (Fsp3) is 0.235. The normalized spacial score (nSPS) is 13.0. The number of ether oxygens (including phenoxy) is 1. The summed E-state index contributed by atoms with van der Waals surface area (Å²) < 4.78 is 5.42. The van der Waals surface area contributed by atoms with Crippen LogP contribution in [0.25, 0.3) is 0 Å². The van der Waals surface area contributed by atoms with E-state index in [1.165, 1.54) is 0 Å². The van der Waals surface area contributed by atoms with Gasteiger partial charge in [-0.15, -0.1) is 0 Å². The number of carbonyl (C=O) groups excluding carboxylic acids is 1. The predicted molar refractivity (Wildman–Crippen MR) is 86.3 cm³/mol. The number of rotatable bonds is 5. The van der Waals surface area contributed by atoms with Gasteiger partial charge >= 0.3 is 0 Å². The van der Waals surface area contributed by atoms with Gasteiger partial charge in [0.05, 0.1) is 17.6 Å². The molecule has 0 bridgehead atoms. The van der Waals surface area contributed by atoms with E-state index < -0.39 is 0 Å². The number of para-hydroxylation sites is 2. The summed E-state index contributed by atoms with van der Waals surface area (Å²) in [6.45, 7) is 1.42. The molecule has 116 valence electrons. The number of anilines is 2. The second-order valence-corrected chi connectivity index (χ2v) is 5.13. The average Bonchev–Trinajstić information content (AvgIpc) is 2.60. The minimum Gasteiger partial charge on any atom is -0.482 e. The van der Waals surface area contributed by atoms with E-state index in [4.69, 9.17) is 10.00 Å². The van der Waals surface area contributed by atoms with E-state index in [1.807, 2.05) is 36.4 Å². The summed E-state index contributed by atoms with van der Waals surface area (Å²) >= 11 is 0. The molecule has 1 aromatic heterocycles. The molecule has 1 aliphatic rings. The summed E-state index contributed by atoms with van der Waals surface area (Å²) in [4.78, 5) is 17.8. The molecule has 23 heavy (non-hydrogen) atoms. The van der Waals surface area contributed by atoms with Crippen LogP contribution in [-0.4, -0.2) is 30.6 Å². The number of nitrogens with zero attached hydrogens (tertiary/aromatic N) is 3. The molecule has 0 fully saturated rings. The molecule has 0 aliphatic carbocycles. The number of amides is 1. The number of hydrogen-bond acceptors (Lipinski definition) is 5. The first kappa shape index (κ1) is 14.9. The van der Waals surface area contributed by atoms with E-state index in [2.05, 4.69) is 10.3 Å². The molecule has 0 atom stereocenters. The van der Waals surface area contributed by atoms with Gasteiger partial charge in [-0.1, -0.05) is 12.1 Å². The molecule has 1 N–H and O–H groups in total. The molecular formula is C17H16N4O2. The Balaban J connectivity index is 1.54. The second-order valence-electron chi connectivity index (χ2n) is 5.13. The largest absolute Gasteiger partial charge is 0.482 e. The van der Waals surface area contributed by atoms with Crippen LogP contribution in [-0.2, 0) is 4.79 Å². The van der Waals surface area contributed by atoms with Crippen LogP contribution in [0.2, 0.25) is 0 Å². The Hall–Kier alpha value is -3.07. The van der Waals surface area contributed by atoms with E-state index in [9.17, 15) is 4.79 Å². The van der Waals surface area contributed by atoms with Crippen LogP contribution in [0.1, 0.15) is 12.1 Å². The van der Waals surface area contributed by atoms with Crippen LogP contribution in [0.15, 0.2) is 42.6 Å². The van der Waals surface area contributed by atoms with Crippen molar-refractivity contribution in [1.82, 2.24) is 4.98 Å². The number of nitriles is 1. The third kappa shape index (κ3) is 3.40. The van der Waals surface area contributed by atoms with E-state index in [0.29, 0.717) is 18.8 Å². The smallest absolute Gasteiger partial charge is 0.265 e. The SMILES string of the molecule is N#Cc1ccc(NCCCN2C(=O)COc3ccccc32)cn1. The highest BCUT2D eigenvalue weighted by Crippen LogP contribution is 2.31. The van der Waals surface area contributed by atoms with Crippen LogP contribution < -0.4 is 15.0 Å². The summed E-state index contributed by atoms with van der Waals surface area (Å²) in [6.07, 6.45) is 2.42. The van der Waals surface area contributed by atoms with Gasteiger partial charge in [0.2, 0.25) is 0 Å². The fourth-order valence-electron chi connectivity index (χ4n) is 2.43. The van der Waals surface area contributed by atoms with Crippen LogP contribution in [0.4, 0.5) is 11.4 Å². The maximum Gasteiger partial charge on any atom is 0.265 e. The van der Waals surface area contributed by atoms with Crippen molar-refractivity contribution < 1.29 is 9.53 Å². The molecule has 0 spiro atoms. The highest BCUT2D eigenvalue weighted by molar-refractivity contribution is 5.97. The van der Waals surface area contributed by atoms with Gasteiger partial charge in [0.25, 0.3) is 5.91 Å². The second kappa shape index (κ2) is 6.79. The summed E-state index contributed by atoms with van der Waals surface area (Å²) in [5.74, 6) is 0.722. The van der Waals surface area contributed by atoms with Crippen molar-refractivity contribution >= 4 is 17.3 Å². The van der Waals surface area contributed by atoms with Crippen LogP contribution in [0.3, 0.4) is 0 Å². The lowest BCUT2D eigenvalue weighted by Crippen LogP contribution is -2.39. The van der Waals surface area contributed by atoms with Gasteiger partial charge in [-0.05, 0) is 30.7 Å². The lowest BCUT2D eigenvalue weighted by molar-refractivity contribution is -0.121. The van der Waals surface area contributed by atoms with E-state index >= 15 is 0 Å². The van der Waals surface area contributed by atoms with Gasteiger partial charge in [-0.3, -0.25) is 4.79 Å². The molecule has 2 aromatic rings. The molecule has 0 saturated heterocycles. The summed E-state index contributed by atoms with van der Waals surface area (Å²) in [5.41, 5.74) is 2.08. The Kier molecular flexibility index (Phi) is 4.39. The predicted octanol–water partition coefficient (Wildman–Crippen LogP) is 2.18. The van der Waals surface area contributed by atoms with Gasteiger partial charge in [-0.2, -0.15) is 5.26 Å².